The first-order chi connectivity index (χ1) is 8.72. The number of nitrogens with one attached hydrogen (secondary N) is 1. The third-order valence-electron chi connectivity index (χ3n) is 3.31. The molecule has 1 aliphatic carbocycles. The zero-order chi connectivity index (χ0) is 13.0. The average Bonchev–Trinajstić information content (AvgIpc) is 2.86. The summed E-state index contributed by atoms with van der Waals surface area (Å²) < 4.78 is 5.27. The van der Waals surface area contributed by atoms with Crippen molar-refractivity contribution in [2.75, 3.05) is 7.11 Å². The maximum absolute atomic E-state index is 12.0. The van der Waals surface area contributed by atoms with Crippen LogP contribution in [0.1, 0.15) is 35.2 Å². The topological polar surface area (TPSA) is 62.1 Å². The van der Waals surface area contributed by atoms with Crippen LogP contribution in [0.2, 0.25) is 0 Å². The Morgan fingerprint density at radius 1 is 1.50 bits per heavy atom. The monoisotopic (exact) mass is 244 g/mol. The number of rotatable bonds is 3. The minimum absolute atomic E-state index is 0.117. The van der Waals surface area contributed by atoms with Gasteiger partial charge in [0.2, 0.25) is 0 Å². The average molecular weight is 244 g/mol. The quantitative estimate of drug-likeness (QED) is 0.882. The van der Waals surface area contributed by atoms with Crippen LogP contribution in [0.25, 0.3) is 0 Å². The molecular weight excluding hydrogens is 228 g/mol. The summed E-state index contributed by atoms with van der Waals surface area (Å²) in [6, 6.07) is 8.95. The molecule has 18 heavy (non-hydrogen) atoms. The first-order valence-electron chi connectivity index (χ1n) is 6.06. The SMILES string of the molecule is COC1CCC(NC(=O)c2cccc(C#N)c2)C1. The number of nitrogens with zero attached hydrogens (tertiary/aromatic N) is 1. The predicted octanol–water partition coefficient (Wildman–Crippen LogP) is 1.86. The van der Waals surface area contributed by atoms with Crippen molar-refractivity contribution in [2.45, 2.75) is 31.4 Å². The fourth-order valence-corrected chi connectivity index (χ4v) is 2.28. The standard InChI is InChI=1S/C14H16N2O2/c1-18-13-6-5-12(8-13)16-14(17)11-4-2-3-10(7-11)9-15/h2-4,7,12-13H,5-6,8H2,1H3,(H,16,17). The van der Waals surface area contributed by atoms with Crippen molar-refractivity contribution < 1.29 is 9.53 Å². The van der Waals surface area contributed by atoms with Crippen LogP contribution < -0.4 is 5.32 Å². The summed E-state index contributed by atoms with van der Waals surface area (Å²) in [5.74, 6) is -0.117. The molecule has 94 valence electrons. The Morgan fingerprint density at radius 2 is 2.33 bits per heavy atom. The van der Waals surface area contributed by atoms with Gasteiger partial charge in [-0.1, -0.05) is 6.07 Å². The van der Waals surface area contributed by atoms with E-state index < -0.39 is 0 Å². The van der Waals surface area contributed by atoms with E-state index >= 15 is 0 Å². The molecular formula is C14H16N2O2. The van der Waals surface area contributed by atoms with Crippen LogP contribution in [-0.4, -0.2) is 25.2 Å². The molecule has 1 amide bonds. The highest BCUT2D eigenvalue weighted by molar-refractivity contribution is 5.94. The van der Waals surface area contributed by atoms with Gasteiger partial charge in [0.1, 0.15) is 0 Å². The molecule has 0 heterocycles. The molecule has 2 rings (SSSR count). The number of hydrogen-bond acceptors (Lipinski definition) is 3. The van der Waals surface area contributed by atoms with Crippen LogP contribution in [0.15, 0.2) is 24.3 Å². The molecule has 2 unspecified atom stereocenters. The molecule has 1 saturated carbocycles. The maximum Gasteiger partial charge on any atom is 0.251 e. The fraction of sp³-hybridized carbons (Fsp3) is 0.429. The summed E-state index contributed by atoms with van der Waals surface area (Å²) in [5.41, 5.74) is 1.04. The predicted molar refractivity (Wildman–Crippen MR) is 67.1 cm³/mol. The highest BCUT2D eigenvalue weighted by atomic mass is 16.5. The second-order valence-electron chi connectivity index (χ2n) is 4.53. The summed E-state index contributed by atoms with van der Waals surface area (Å²) in [5, 5.41) is 11.8. The van der Waals surface area contributed by atoms with Crippen LogP contribution in [0.5, 0.6) is 0 Å². The lowest BCUT2D eigenvalue weighted by Gasteiger charge is -2.13. The van der Waals surface area contributed by atoms with Gasteiger partial charge in [-0.3, -0.25) is 4.79 Å². The zero-order valence-electron chi connectivity index (χ0n) is 10.3. The first kappa shape index (κ1) is 12.6. The molecule has 1 aromatic rings. The Labute approximate surface area is 107 Å². The molecule has 0 bridgehead atoms. The number of ether oxygens (including phenoxy) is 1. The number of amides is 1. The molecule has 0 spiro atoms. The van der Waals surface area contributed by atoms with Gasteiger partial charge in [0.05, 0.1) is 17.7 Å². The lowest BCUT2D eigenvalue weighted by Crippen LogP contribution is -2.33. The zero-order valence-corrected chi connectivity index (χ0v) is 10.3. The summed E-state index contributed by atoms with van der Waals surface area (Å²) in [4.78, 5) is 12.0. The number of carbonyl (C=O) groups is 1. The molecule has 4 nitrogen and oxygen atoms in total. The van der Waals surface area contributed by atoms with E-state index in [2.05, 4.69) is 5.32 Å². The van der Waals surface area contributed by atoms with Gasteiger partial charge in [0, 0.05) is 18.7 Å². The van der Waals surface area contributed by atoms with E-state index in [1.165, 1.54) is 0 Å². The van der Waals surface area contributed by atoms with Gasteiger partial charge >= 0.3 is 0 Å². The molecule has 1 aliphatic rings. The Bertz CT molecular complexity index is 479. The van der Waals surface area contributed by atoms with Crippen LogP contribution in [-0.2, 0) is 4.74 Å². The Balaban J connectivity index is 1.98. The fourth-order valence-electron chi connectivity index (χ4n) is 2.28. The molecule has 1 fully saturated rings. The summed E-state index contributed by atoms with van der Waals surface area (Å²) in [6.07, 6.45) is 3.04. The molecule has 0 saturated heterocycles. The van der Waals surface area contributed by atoms with Gasteiger partial charge in [-0.15, -0.1) is 0 Å². The second kappa shape index (κ2) is 5.65. The second-order valence-corrected chi connectivity index (χ2v) is 4.53. The van der Waals surface area contributed by atoms with Gasteiger partial charge in [0.15, 0.2) is 0 Å². The van der Waals surface area contributed by atoms with Crippen molar-refractivity contribution in [3.05, 3.63) is 35.4 Å². The van der Waals surface area contributed by atoms with Gasteiger partial charge in [-0.05, 0) is 37.5 Å². The summed E-state index contributed by atoms with van der Waals surface area (Å²) >= 11 is 0. The first-order valence-corrected chi connectivity index (χ1v) is 6.06. The third-order valence-corrected chi connectivity index (χ3v) is 3.31. The van der Waals surface area contributed by atoms with Crippen LogP contribution in [0, 0.1) is 11.3 Å². The van der Waals surface area contributed by atoms with Crippen molar-refractivity contribution in [3.8, 4) is 6.07 Å². The maximum atomic E-state index is 12.0. The molecule has 2 atom stereocenters. The minimum Gasteiger partial charge on any atom is -0.381 e. The van der Waals surface area contributed by atoms with Gasteiger partial charge in [0.25, 0.3) is 5.91 Å². The van der Waals surface area contributed by atoms with Crippen molar-refractivity contribution in [3.63, 3.8) is 0 Å². The smallest absolute Gasteiger partial charge is 0.251 e. The minimum atomic E-state index is -0.117. The van der Waals surface area contributed by atoms with E-state index in [1.54, 1.807) is 31.4 Å². The van der Waals surface area contributed by atoms with E-state index in [0.717, 1.165) is 19.3 Å². The van der Waals surface area contributed by atoms with Crippen molar-refractivity contribution in [1.82, 2.24) is 5.32 Å². The van der Waals surface area contributed by atoms with E-state index in [4.69, 9.17) is 10.00 Å². The molecule has 4 heteroatoms. The third kappa shape index (κ3) is 2.88. The van der Waals surface area contributed by atoms with E-state index in [1.807, 2.05) is 6.07 Å². The highest BCUT2D eigenvalue weighted by Gasteiger charge is 2.25. The molecule has 1 aromatic carbocycles. The lowest BCUT2D eigenvalue weighted by molar-refractivity contribution is 0.0915. The number of hydrogen-bond donors (Lipinski definition) is 1. The van der Waals surface area contributed by atoms with Crippen molar-refractivity contribution >= 4 is 5.91 Å². The van der Waals surface area contributed by atoms with E-state index in [0.29, 0.717) is 11.1 Å². The van der Waals surface area contributed by atoms with Crippen molar-refractivity contribution in [2.24, 2.45) is 0 Å². The molecule has 1 N–H and O–H groups in total. The number of benzene rings is 1. The Kier molecular flexibility index (Phi) is 3.96. The Morgan fingerprint density at radius 3 is 3.00 bits per heavy atom. The van der Waals surface area contributed by atoms with E-state index in [9.17, 15) is 4.79 Å². The number of methoxy groups -OCH3 is 1. The molecule has 0 aromatic heterocycles. The summed E-state index contributed by atoms with van der Waals surface area (Å²) in [6.45, 7) is 0. The largest absolute Gasteiger partial charge is 0.381 e. The van der Waals surface area contributed by atoms with Gasteiger partial charge in [-0.25, -0.2) is 0 Å². The van der Waals surface area contributed by atoms with Gasteiger partial charge in [-0.2, -0.15) is 5.26 Å². The summed E-state index contributed by atoms with van der Waals surface area (Å²) in [7, 11) is 1.70. The Hall–Kier alpha value is -1.86. The highest BCUT2D eigenvalue weighted by Crippen LogP contribution is 2.21. The number of nitriles is 1. The normalized spacial score (nSPS) is 22.4. The van der Waals surface area contributed by atoms with Crippen LogP contribution in [0.4, 0.5) is 0 Å². The van der Waals surface area contributed by atoms with E-state index in [-0.39, 0.29) is 18.1 Å². The lowest BCUT2D eigenvalue weighted by atomic mass is 10.1. The molecule has 0 radical (unpaired) electrons. The van der Waals surface area contributed by atoms with Crippen molar-refractivity contribution in [1.29, 1.82) is 5.26 Å². The van der Waals surface area contributed by atoms with Gasteiger partial charge < -0.3 is 10.1 Å². The molecule has 0 aliphatic heterocycles. The number of carbonyl (C=O) groups excluding carboxylic acids is 1. The van der Waals surface area contributed by atoms with Crippen LogP contribution >= 0.6 is 0 Å². The van der Waals surface area contributed by atoms with Crippen LogP contribution in [0.3, 0.4) is 0 Å².